The minimum Gasteiger partial charge on any atom is -0.396 e. The predicted octanol–water partition coefficient (Wildman–Crippen LogP) is 3.64. The molecule has 0 radical (unpaired) electrons. The van der Waals surface area contributed by atoms with E-state index in [1.807, 2.05) is 53.2 Å². The Kier molecular flexibility index (Phi) is 4.35. The lowest BCUT2D eigenvalue weighted by atomic mass is 10.0. The van der Waals surface area contributed by atoms with Gasteiger partial charge in [-0.05, 0) is 18.6 Å². The molecular formula is C19H20N2O. The molecule has 1 N–H and O–H groups in total. The number of aliphatic hydroxyl groups excluding tert-OH is 1. The van der Waals surface area contributed by atoms with Crippen LogP contribution in [0.3, 0.4) is 0 Å². The molecule has 3 nitrogen and oxygen atoms in total. The molecule has 3 heteroatoms. The van der Waals surface area contributed by atoms with Gasteiger partial charge in [-0.3, -0.25) is 0 Å². The summed E-state index contributed by atoms with van der Waals surface area (Å²) in [5.74, 6) is 0. The molecule has 1 aromatic heterocycles. The van der Waals surface area contributed by atoms with Crippen LogP contribution in [0.15, 0.2) is 60.7 Å². The number of benzene rings is 2. The highest BCUT2D eigenvalue weighted by molar-refractivity contribution is 5.65. The Labute approximate surface area is 130 Å². The summed E-state index contributed by atoms with van der Waals surface area (Å²) in [5, 5.41) is 14.3. The Morgan fingerprint density at radius 3 is 2.18 bits per heavy atom. The molecule has 0 saturated heterocycles. The molecule has 0 bridgehead atoms. The smallest absolute Gasteiger partial charge is 0.0962 e. The molecule has 0 saturated carbocycles. The van der Waals surface area contributed by atoms with Crippen LogP contribution in [0.1, 0.15) is 18.2 Å². The highest BCUT2D eigenvalue weighted by Gasteiger charge is 2.18. The second-order valence-corrected chi connectivity index (χ2v) is 5.21. The van der Waals surface area contributed by atoms with E-state index in [-0.39, 0.29) is 6.61 Å². The Morgan fingerprint density at radius 2 is 1.59 bits per heavy atom. The van der Waals surface area contributed by atoms with Gasteiger partial charge in [0.25, 0.3) is 0 Å². The lowest BCUT2D eigenvalue weighted by Gasteiger charge is -2.07. The topological polar surface area (TPSA) is 38.0 Å². The fraction of sp³-hybridized carbons (Fsp3) is 0.211. The molecule has 3 rings (SSSR count). The molecule has 0 fully saturated rings. The SMILES string of the molecule is CCc1c(-c2ccccc2)nn(-c2ccccc2)c1CCO. The quantitative estimate of drug-likeness (QED) is 0.779. The second-order valence-electron chi connectivity index (χ2n) is 5.21. The van der Waals surface area contributed by atoms with Crippen molar-refractivity contribution in [3.63, 3.8) is 0 Å². The van der Waals surface area contributed by atoms with E-state index in [0.29, 0.717) is 6.42 Å². The molecule has 2 aromatic carbocycles. The lowest BCUT2D eigenvalue weighted by molar-refractivity contribution is 0.296. The van der Waals surface area contributed by atoms with Crippen molar-refractivity contribution in [1.29, 1.82) is 0 Å². The fourth-order valence-electron chi connectivity index (χ4n) is 2.83. The lowest BCUT2D eigenvalue weighted by Crippen LogP contribution is -2.05. The van der Waals surface area contributed by atoms with Crippen molar-refractivity contribution in [2.24, 2.45) is 0 Å². The van der Waals surface area contributed by atoms with Crippen LogP contribution in [0.25, 0.3) is 16.9 Å². The van der Waals surface area contributed by atoms with E-state index in [0.717, 1.165) is 29.1 Å². The first kappa shape index (κ1) is 14.5. The van der Waals surface area contributed by atoms with Crippen LogP contribution in [0.2, 0.25) is 0 Å². The van der Waals surface area contributed by atoms with Crippen LogP contribution in [0.4, 0.5) is 0 Å². The Bertz CT molecular complexity index is 733. The van der Waals surface area contributed by atoms with Crippen LogP contribution in [-0.2, 0) is 12.8 Å². The Hall–Kier alpha value is -2.39. The van der Waals surface area contributed by atoms with Gasteiger partial charge in [0.2, 0.25) is 0 Å². The zero-order valence-electron chi connectivity index (χ0n) is 12.7. The average molecular weight is 292 g/mol. The third kappa shape index (κ3) is 2.68. The molecule has 0 spiro atoms. The van der Waals surface area contributed by atoms with E-state index in [9.17, 15) is 5.11 Å². The number of hydrogen-bond acceptors (Lipinski definition) is 2. The molecule has 22 heavy (non-hydrogen) atoms. The van der Waals surface area contributed by atoms with Crippen molar-refractivity contribution >= 4 is 0 Å². The minimum atomic E-state index is 0.125. The first-order valence-corrected chi connectivity index (χ1v) is 7.67. The highest BCUT2D eigenvalue weighted by Crippen LogP contribution is 2.28. The summed E-state index contributed by atoms with van der Waals surface area (Å²) in [4.78, 5) is 0. The molecule has 0 aliphatic heterocycles. The summed E-state index contributed by atoms with van der Waals surface area (Å²) < 4.78 is 1.97. The molecule has 0 atom stereocenters. The van der Waals surface area contributed by atoms with Crippen molar-refractivity contribution in [1.82, 2.24) is 9.78 Å². The summed E-state index contributed by atoms with van der Waals surface area (Å²) in [5.41, 5.74) is 5.46. The summed E-state index contributed by atoms with van der Waals surface area (Å²) in [6, 6.07) is 20.3. The first-order valence-electron chi connectivity index (χ1n) is 7.67. The molecule has 0 amide bonds. The van der Waals surface area contributed by atoms with Gasteiger partial charge in [-0.1, -0.05) is 55.5 Å². The Morgan fingerprint density at radius 1 is 0.955 bits per heavy atom. The number of aliphatic hydroxyl groups is 1. The maximum absolute atomic E-state index is 9.45. The number of hydrogen-bond donors (Lipinski definition) is 1. The van der Waals surface area contributed by atoms with E-state index in [2.05, 4.69) is 19.1 Å². The third-order valence-corrected chi connectivity index (χ3v) is 3.84. The number of para-hydroxylation sites is 1. The molecule has 0 aliphatic rings. The van der Waals surface area contributed by atoms with Crippen LogP contribution >= 0.6 is 0 Å². The average Bonchev–Trinajstić information content (AvgIpc) is 2.95. The van der Waals surface area contributed by atoms with Crippen molar-refractivity contribution in [3.8, 4) is 16.9 Å². The largest absolute Gasteiger partial charge is 0.396 e. The van der Waals surface area contributed by atoms with Gasteiger partial charge < -0.3 is 5.11 Å². The molecule has 1 heterocycles. The summed E-state index contributed by atoms with van der Waals surface area (Å²) in [6.07, 6.45) is 1.50. The highest BCUT2D eigenvalue weighted by atomic mass is 16.3. The monoisotopic (exact) mass is 292 g/mol. The zero-order valence-corrected chi connectivity index (χ0v) is 12.7. The van der Waals surface area contributed by atoms with Crippen LogP contribution < -0.4 is 0 Å². The van der Waals surface area contributed by atoms with Gasteiger partial charge in [0.1, 0.15) is 0 Å². The summed E-state index contributed by atoms with van der Waals surface area (Å²) in [6.45, 7) is 2.26. The maximum atomic E-state index is 9.45. The van der Waals surface area contributed by atoms with Gasteiger partial charge >= 0.3 is 0 Å². The second kappa shape index (κ2) is 6.58. The molecule has 112 valence electrons. The fourth-order valence-corrected chi connectivity index (χ4v) is 2.83. The minimum absolute atomic E-state index is 0.125. The molecule has 0 aliphatic carbocycles. The van der Waals surface area contributed by atoms with Gasteiger partial charge in [0, 0.05) is 24.2 Å². The van der Waals surface area contributed by atoms with Crippen molar-refractivity contribution < 1.29 is 5.11 Å². The van der Waals surface area contributed by atoms with Crippen molar-refractivity contribution in [3.05, 3.63) is 71.9 Å². The van der Waals surface area contributed by atoms with E-state index < -0.39 is 0 Å². The van der Waals surface area contributed by atoms with Gasteiger partial charge in [0.05, 0.1) is 17.1 Å². The number of rotatable bonds is 5. The molecule has 0 unspecified atom stereocenters. The maximum Gasteiger partial charge on any atom is 0.0962 e. The van der Waals surface area contributed by atoms with Gasteiger partial charge in [-0.25, -0.2) is 4.68 Å². The van der Waals surface area contributed by atoms with E-state index >= 15 is 0 Å². The molecular weight excluding hydrogens is 272 g/mol. The standard InChI is InChI=1S/C19H20N2O/c1-2-17-18(13-14-22)21(16-11-7-4-8-12-16)20-19(17)15-9-5-3-6-10-15/h3-12,22H,2,13-14H2,1H3. The predicted molar refractivity (Wildman–Crippen MR) is 89.2 cm³/mol. The summed E-state index contributed by atoms with van der Waals surface area (Å²) >= 11 is 0. The van der Waals surface area contributed by atoms with Crippen molar-refractivity contribution in [2.45, 2.75) is 19.8 Å². The number of aromatic nitrogens is 2. The normalized spacial score (nSPS) is 10.8. The third-order valence-electron chi connectivity index (χ3n) is 3.84. The van der Waals surface area contributed by atoms with Gasteiger partial charge in [0.15, 0.2) is 0 Å². The summed E-state index contributed by atoms with van der Waals surface area (Å²) in [7, 11) is 0. The van der Waals surface area contributed by atoms with E-state index in [4.69, 9.17) is 5.10 Å². The van der Waals surface area contributed by atoms with Crippen molar-refractivity contribution in [2.75, 3.05) is 6.61 Å². The van der Waals surface area contributed by atoms with Crippen LogP contribution in [0.5, 0.6) is 0 Å². The van der Waals surface area contributed by atoms with Crippen LogP contribution in [0, 0.1) is 0 Å². The van der Waals surface area contributed by atoms with Gasteiger partial charge in [-0.15, -0.1) is 0 Å². The molecule has 3 aromatic rings. The van der Waals surface area contributed by atoms with E-state index in [1.165, 1.54) is 5.56 Å². The first-order chi connectivity index (χ1) is 10.8. The zero-order chi connectivity index (χ0) is 15.4. The Balaban J connectivity index is 2.20. The van der Waals surface area contributed by atoms with Gasteiger partial charge in [-0.2, -0.15) is 5.10 Å². The number of nitrogens with zero attached hydrogens (tertiary/aromatic N) is 2. The van der Waals surface area contributed by atoms with E-state index in [1.54, 1.807) is 0 Å². The van der Waals surface area contributed by atoms with Crippen LogP contribution in [-0.4, -0.2) is 21.5 Å².